The van der Waals surface area contributed by atoms with Crippen LogP contribution in [0, 0.1) is 0 Å². The number of nitrogens with zero attached hydrogens (tertiary/aromatic N) is 1. The number of fused-ring (bicyclic) bond motifs is 1. The van der Waals surface area contributed by atoms with Crippen molar-refractivity contribution in [3.63, 3.8) is 0 Å². The number of ether oxygens (including phenoxy) is 2. The summed E-state index contributed by atoms with van der Waals surface area (Å²) in [4.78, 5) is 66.2. The number of ketones is 1. The summed E-state index contributed by atoms with van der Waals surface area (Å²) in [5.74, 6) is -4.04. The molecule has 2 aliphatic heterocycles. The molecule has 9 nitrogen and oxygen atoms in total. The predicted octanol–water partition coefficient (Wildman–Crippen LogP) is 2.96. The van der Waals surface area contributed by atoms with Gasteiger partial charge in [0.2, 0.25) is 11.8 Å². The highest BCUT2D eigenvalue weighted by atomic mass is 32.2. The zero-order valence-corrected chi connectivity index (χ0v) is 22.8. The normalized spacial score (nSPS) is 19.4. The van der Waals surface area contributed by atoms with Gasteiger partial charge in [0.25, 0.3) is 5.78 Å². The number of esters is 2. The molecule has 2 unspecified atom stereocenters. The van der Waals surface area contributed by atoms with E-state index in [9.17, 15) is 24.0 Å². The van der Waals surface area contributed by atoms with Crippen molar-refractivity contribution in [3.8, 4) is 0 Å². The van der Waals surface area contributed by atoms with E-state index in [4.69, 9.17) is 4.74 Å². The quantitative estimate of drug-likeness (QED) is 0.237. The van der Waals surface area contributed by atoms with Gasteiger partial charge in [-0.05, 0) is 22.1 Å². The molecule has 5 rings (SSSR count). The Labute approximate surface area is 240 Å². The SMILES string of the molecule is COC(=O)C(=O)C1=CS[C@@H]2C(NC(=O)Cc3ccccc3)C(=O)N2C1C(=O)OC(c1ccccc1)c1ccccc1. The van der Waals surface area contributed by atoms with Gasteiger partial charge in [0, 0.05) is 5.57 Å². The molecule has 41 heavy (non-hydrogen) atoms. The number of carbonyl (C=O) groups excluding carboxylic acids is 5. The molecule has 3 aromatic carbocycles. The minimum atomic E-state index is -1.50. The average molecular weight is 571 g/mol. The number of nitrogens with one attached hydrogen (secondary N) is 1. The van der Waals surface area contributed by atoms with Crippen molar-refractivity contribution in [2.75, 3.05) is 7.11 Å². The highest BCUT2D eigenvalue weighted by molar-refractivity contribution is 8.03. The number of rotatable bonds is 9. The lowest BCUT2D eigenvalue weighted by Crippen LogP contribution is -2.74. The Bertz CT molecular complexity index is 1460. The molecule has 3 atom stereocenters. The Morgan fingerprint density at radius 2 is 1.44 bits per heavy atom. The molecule has 0 bridgehead atoms. The van der Waals surface area contributed by atoms with Crippen LogP contribution in [0.25, 0.3) is 0 Å². The van der Waals surface area contributed by atoms with Crippen LogP contribution in [0.2, 0.25) is 0 Å². The van der Waals surface area contributed by atoms with Crippen molar-refractivity contribution in [3.05, 3.63) is 119 Å². The van der Waals surface area contributed by atoms with E-state index < -0.39 is 47.2 Å². The van der Waals surface area contributed by atoms with Crippen LogP contribution in [0.1, 0.15) is 22.8 Å². The Kier molecular flexibility index (Phi) is 8.30. The number of amides is 2. The standard InChI is InChI=1S/C31H26N2O7S/c1-39-31(38)26(35)22-18-41-29-24(32-23(34)17-19-11-5-2-6-12-19)28(36)33(29)25(22)30(37)40-27(20-13-7-3-8-14-20)21-15-9-4-10-16-21/h2-16,18,24-25,27,29H,17H2,1H3,(H,32,34)/t24?,25?,29-/m1/s1. The van der Waals surface area contributed by atoms with Crippen LogP contribution in [0.5, 0.6) is 0 Å². The zero-order chi connectivity index (χ0) is 28.9. The predicted molar refractivity (Wildman–Crippen MR) is 150 cm³/mol. The molecular weight excluding hydrogens is 544 g/mol. The summed E-state index contributed by atoms with van der Waals surface area (Å²) < 4.78 is 10.6. The van der Waals surface area contributed by atoms with Gasteiger partial charge in [0.15, 0.2) is 12.1 Å². The van der Waals surface area contributed by atoms with Crippen LogP contribution < -0.4 is 5.32 Å². The first-order valence-corrected chi connectivity index (χ1v) is 13.8. The maximum absolute atomic E-state index is 13.8. The van der Waals surface area contributed by atoms with Gasteiger partial charge in [0.1, 0.15) is 11.4 Å². The highest BCUT2D eigenvalue weighted by Gasteiger charge is 2.58. The fourth-order valence-electron chi connectivity index (χ4n) is 4.79. The van der Waals surface area contributed by atoms with Crippen molar-refractivity contribution in [1.29, 1.82) is 0 Å². The van der Waals surface area contributed by atoms with E-state index in [1.807, 2.05) is 30.3 Å². The average Bonchev–Trinajstić information content (AvgIpc) is 3.02. The van der Waals surface area contributed by atoms with Crippen LogP contribution in [-0.2, 0) is 39.9 Å². The summed E-state index contributed by atoms with van der Waals surface area (Å²) in [6, 6.07) is 24.7. The molecule has 208 valence electrons. The molecule has 2 heterocycles. The summed E-state index contributed by atoms with van der Waals surface area (Å²) in [5.41, 5.74) is 1.91. The van der Waals surface area contributed by atoms with Gasteiger partial charge in [-0.1, -0.05) is 91.0 Å². The Morgan fingerprint density at radius 1 is 0.878 bits per heavy atom. The fourth-order valence-corrected chi connectivity index (χ4v) is 6.01. The number of carbonyl (C=O) groups is 5. The van der Waals surface area contributed by atoms with Gasteiger partial charge >= 0.3 is 11.9 Å². The highest BCUT2D eigenvalue weighted by Crippen LogP contribution is 2.41. The lowest BCUT2D eigenvalue weighted by atomic mass is 9.95. The molecule has 0 saturated carbocycles. The molecule has 2 aliphatic rings. The molecule has 1 N–H and O–H groups in total. The number of hydrogen-bond acceptors (Lipinski definition) is 8. The summed E-state index contributed by atoms with van der Waals surface area (Å²) in [5, 5.41) is 3.43. The third kappa shape index (κ3) is 5.78. The van der Waals surface area contributed by atoms with E-state index in [-0.39, 0.29) is 17.9 Å². The summed E-state index contributed by atoms with van der Waals surface area (Å²) in [6.07, 6.45) is -0.768. The van der Waals surface area contributed by atoms with Crippen molar-refractivity contribution >= 4 is 41.3 Å². The van der Waals surface area contributed by atoms with Gasteiger partial charge in [-0.3, -0.25) is 14.4 Å². The van der Waals surface area contributed by atoms with Crippen LogP contribution >= 0.6 is 11.8 Å². The Morgan fingerprint density at radius 3 is 2.00 bits per heavy atom. The number of thioether (sulfide) groups is 1. The summed E-state index contributed by atoms with van der Waals surface area (Å²) in [7, 11) is 1.06. The number of benzene rings is 3. The van der Waals surface area contributed by atoms with E-state index >= 15 is 0 Å². The Hall–Kier alpha value is -4.70. The second kappa shape index (κ2) is 12.2. The monoisotopic (exact) mass is 570 g/mol. The van der Waals surface area contributed by atoms with E-state index in [2.05, 4.69) is 10.1 Å². The largest absolute Gasteiger partial charge is 0.463 e. The first-order valence-electron chi connectivity index (χ1n) is 12.8. The summed E-state index contributed by atoms with van der Waals surface area (Å²) in [6.45, 7) is 0. The molecule has 0 aliphatic carbocycles. The first-order chi connectivity index (χ1) is 19.9. The zero-order valence-electron chi connectivity index (χ0n) is 22.0. The van der Waals surface area contributed by atoms with Crippen LogP contribution in [0.3, 0.4) is 0 Å². The number of hydrogen-bond donors (Lipinski definition) is 1. The smallest absolute Gasteiger partial charge is 0.379 e. The fraction of sp³-hybridized carbons (Fsp3) is 0.194. The van der Waals surface area contributed by atoms with Gasteiger partial charge in [-0.15, -0.1) is 11.8 Å². The molecule has 1 saturated heterocycles. The third-order valence-electron chi connectivity index (χ3n) is 6.81. The van der Waals surface area contributed by atoms with E-state index in [0.717, 1.165) is 24.4 Å². The molecular formula is C31H26N2O7S. The van der Waals surface area contributed by atoms with Crippen molar-refractivity contribution in [1.82, 2.24) is 10.2 Å². The topological polar surface area (TPSA) is 119 Å². The minimum Gasteiger partial charge on any atom is -0.463 e. The van der Waals surface area contributed by atoms with E-state index in [1.54, 1.807) is 60.7 Å². The van der Waals surface area contributed by atoms with Crippen molar-refractivity contribution < 1.29 is 33.4 Å². The second-order valence-corrected chi connectivity index (χ2v) is 10.4. The van der Waals surface area contributed by atoms with Crippen LogP contribution in [0.4, 0.5) is 0 Å². The number of Topliss-reactive ketones (excluding diaryl/α,β-unsaturated/α-hetero) is 1. The van der Waals surface area contributed by atoms with E-state index in [0.29, 0.717) is 11.1 Å². The van der Waals surface area contributed by atoms with Crippen molar-refractivity contribution in [2.24, 2.45) is 0 Å². The molecule has 3 aromatic rings. The minimum absolute atomic E-state index is 0.0746. The first kappa shape index (κ1) is 27.9. The van der Waals surface area contributed by atoms with Gasteiger partial charge in [0.05, 0.1) is 13.5 Å². The molecule has 0 radical (unpaired) electrons. The maximum atomic E-state index is 13.8. The van der Waals surface area contributed by atoms with Gasteiger partial charge < -0.3 is 19.7 Å². The molecule has 1 fully saturated rings. The maximum Gasteiger partial charge on any atom is 0.379 e. The van der Waals surface area contributed by atoms with Crippen LogP contribution in [0.15, 0.2) is 102 Å². The molecule has 0 spiro atoms. The lowest BCUT2D eigenvalue weighted by Gasteiger charge is -2.51. The Balaban J connectivity index is 1.41. The molecule has 2 amide bonds. The van der Waals surface area contributed by atoms with Gasteiger partial charge in [-0.2, -0.15) is 0 Å². The van der Waals surface area contributed by atoms with Gasteiger partial charge in [-0.25, -0.2) is 9.59 Å². The summed E-state index contributed by atoms with van der Waals surface area (Å²) >= 11 is 1.06. The molecule has 10 heteroatoms. The number of methoxy groups -OCH3 is 1. The third-order valence-corrected chi connectivity index (χ3v) is 7.97. The van der Waals surface area contributed by atoms with E-state index in [1.165, 1.54) is 10.3 Å². The molecule has 0 aromatic heterocycles. The van der Waals surface area contributed by atoms with Crippen molar-refractivity contribution in [2.45, 2.75) is 30.0 Å². The number of β-lactam (4-membered cyclic amide) rings is 1. The van der Waals surface area contributed by atoms with Crippen LogP contribution in [-0.4, -0.2) is 59.0 Å². The lowest BCUT2D eigenvalue weighted by molar-refractivity contribution is -0.166. The second-order valence-electron chi connectivity index (χ2n) is 9.41.